The van der Waals surface area contributed by atoms with Gasteiger partial charge in [-0.2, -0.15) is 13.2 Å². The molecule has 6 heteroatoms. The van der Waals surface area contributed by atoms with Crippen LogP contribution in [0.2, 0.25) is 0 Å². The third kappa shape index (κ3) is 4.48. The van der Waals surface area contributed by atoms with Crippen molar-refractivity contribution < 1.29 is 27.4 Å². The Morgan fingerprint density at radius 1 is 1.27 bits per heavy atom. The van der Waals surface area contributed by atoms with Crippen molar-refractivity contribution in [1.29, 1.82) is 0 Å². The molecule has 0 aliphatic heterocycles. The van der Waals surface area contributed by atoms with Gasteiger partial charge >= 0.3 is 12.1 Å². The molecule has 0 amide bonds. The molecule has 2 bridgehead atoms. The second kappa shape index (κ2) is 7.02. The topological polar surface area (TPSA) is 35.5 Å². The number of hydrogen-bond acceptors (Lipinski definition) is 3. The molecule has 1 fully saturated rings. The smallest absolute Gasteiger partial charge is 0.455 e. The fourth-order valence-corrected chi connectivity index (χ4v) is 3.42. The van der Waals surface area contributed by atoms with Gasteiger partial charge in [0.05, 0.1) is 6.10 Å². The van der Waals surface area contributed by atoms with Crippen molar-refractivity contribution in [2.75, 3.05) is 6.61 Å². The summed E-state index contributed by atoms with van der Waals surface area (Å²) in [6.45, 7) is 4.28. The lowest BCUT2D eigenvalue weighted by Gasteiger charge is -2.28. The monoisotopic (exact) mass is 320 g/mol. The largest absolute Gasteiger partial charge is 0.490 e. The van der Waals surface area contributed by atoms with E-state index in [4.69, 9.17) is 9.47 Å². The van der Waals surface area contributed by atoms with E-state index in [0.717, 1.165) is 12.8 Å². The summed E-state index contributed by atoms with van der Waals surface area (Å²) in [5, 5.41) is 0. The van der Waals surface area contributed by atoms with E-state index in [1.807, 2.05) is 13.8 Å². The molecule has 2 aliphatic rings. The van der Waals surface area contributed by atoms with Crippen LogP contribution in [0, 0.1) is 17.8 Å². The molecule has 1 saturated carbocycles. The van der Waals surface area contributed by atoms with Crippen molar-refractivity contribution in [2.45, 2.75) is 57.9 Å². The molecule has 0 aromatic carbocycles. The molecule has 0 N–H and O–H groups in total. The molecule has 4 atom stereocenters. The van der Waals surface area contributed by atoms with E-state index >= 15 is 0 Å². The van der Waals surface area contributed by atoms with E-state index in [2.05, 4.69) is 12.2 Å². The van der Waals surface area contributed by atoms with E-state index in [1.54, 1.807) is 0 Å². The highest BCUT2D eigenvalue weighted by atomic mass is 19.4. The number of rotatable bonds is 7. The van der Waals surface area contributed by atoms with Crippen LogP contribution in [0.4, 0.5) is 13.2 Å². The number of allylic oxidation sites excluding steroid dienone is 2. The molecule has 0 aromatic rings. The summed E-state index contributed by atoms with van der Waals surface area (Å²) in [4.78, 5) is 11.2. The van der Waals surface area contributed by atoms with Crippen LogP contribution in [-0.4, -0.2) is 31.0 Å². The average Bonchev–Trinajstić information content (AvgIpc) is 3.03. The van der Waals surface area contributed by atoms with Crippen molar-refractivity contribution in [3.63, 3.8) is 0 Å². The van der Waals surface area contributed by atoms with Gasteiger partial charge in [0.25, 0.3) is 0 Å². The fourth-order valence-electron chi connectivity index (χ4n) is 3.42. The normalized spacial score (nSPS) is 28.4. The zero-order chi connectivity index (χ0) is 16.3. The van der Waals surface area contributed by atoms with Crippen LogP contribution < -0.4 is 0 Å². The van der Waals surface area contributed by atoms with Crippen LogP contribution in [0.15, 0.2) is 12.2 Å². The van der Waals surface area contributed by atoms with Gasteiger partial charge in [0.2, 0.25) is 0 Å². The highest BCUT2D eigenvalue weighted by molar-refractivity contribution is 5.75. The first kappa shape index (κ1) is 17.3. The summed E-state index contributed by atoms with van der Waals surface area (Å²) in [5.74, 6) is -1.41. The first-order valence-electron chi connectivity index (χ1n) is 7.85. The van der Waals surface area contributed by atoms with E-state index in [1.165, 1.54) is 0 Å². The Hall–Kier alpha value is -1.04. The Kier molecular flexibility index (Phi) is 5.53. The summed E-state index contributed by atoms with van der Waals surface area (Å²) in [6, 6.07) is 0. The van der Waals surface area contributed by atoms with E-state index in [0.29, 0.717) is 25.4 Å². The number of esters is 1. The minimum absolute atomic E-state index is 0.000324. The van der Waals surface area contributed by atoms with E-state index < -0.39 is 18.2 Å². The quantitative estimate of drug-likeness (QED) is 0.406. The van der Waals surface area contributed by atoms with Crippen LogP contribution in [-0.2, 0) is 14.3 Å². The van der Waals surface area contributed by atoms with Gasteiger partial charge in [-0.25, -0.2) is 4.79 Å². The first-order valence-corrected chi connectivity index (χ1v) is 7.85. The lowest BCUT2D eigenvalue weighted by atomic mass is 9.86. The Balaban J connectivity index is 1.92. The zero-order valence-corrected chi connectivity index (χ0v) is 12.9. The van der Waals surface area contributed by atoms with Crippen LogP contribution >= 0.6 is 0 Å². The predicted octanol–water partition coefficient (Wildman–Crippen LogP) is 3.88. The molecule has 0 radical (unpaired) electrons. The summed E-state index contributed by atoms with van der Waals surface area (Å²) in [5.41, 5.74) is 0. The second-order valence-electron chi connectivity index (χ2n) is 6.45. The molecule has 0 spiro atoms. The lowest BCUT2D eigenvalue weighted by molar-refractivity contribution is -0.208. The molecule has 0 aromatic heterocycles. The van der Waals surface area contributed by atoms with Crippen molar-refractivity contribution in [3.05, 3.63) is 12.2 Å². The Labute approximate surface area is 128 Å². The molecular weight excluding hydrogens is 297 g/mol. The molecule has 22 heavy (non-hydrogen) atoms. The van der Waals surface area contributed by atoms with Crippen molar-refractivity contribution in [3.8, 4) is 0 Å². The number of fused-ring (bicyclic) bond motifs is 2. The molecule has 0 heterocycles. The molecule has 0 saturated heterocycles. The van der Waals surface area contributed by atoms with Crippen molar-refractivity contribution in [2.24, 2.45) is 17.8 Å². The maximum atomic E-state index is 12.5. The first-order chi connectivity index (χ1) is 10.3. The standard InChI is InChI=1S/C16H23F3O3/c1-10(2)21-7-3-4-14(22-15(20)16(17,18)19)13-9-11-5-6-12(13)8-11/h5-6,10-14H,3-4,7-9H2,1-2H3. The van der Waals surface area contributed by atoms with Crippen LogP contribution in [0.1, 0.15) is 39.5 Å². The van der Waals surface area contributed by atoms with Gasteiger partial charge in [-0.1, -0.05) is 12.2 Å². The summed E-state index contributed by atoms with van der Waals surface area (Å²) in [6.07, 6.45) is 1.42. The maximum absolute atomic E-state index is 12.5. The minimum Gasteiger partial charge on any atom is -0.455 e. The van der Waals surface area contributed by atoms with Gasteiger partial charge < -0.3 is 9.47 Å². The van der Waals surface area contributed by atoms with Crippen LogP contribution in [0.5, 0.6) is 0 Å². The highest BCUT2D eigenvalue weighted by Crippen LogP contribution is 2.46. The number of hydrogen-bond donors (Lipinski definition) is 0. The minimum atomic E-state index is -4.93. The Morgan fingerprint density at radius 3 is 2.50 bits per heavy atom. The fraction of sp³-hybridized carbons (Fsp3) is 0.812. The van der Waals surface area contributed by atoms with Crippen molar-refractivity contribution >= 4 is 5.97 Å². The molecule has 2 rings (SSSR count). The molecule has 4 unspecified atom stereocenters. The SMILES string of the molecule is CC(C)OCCCC(OC(=O)C(F)(F)F)C1CC2C=CC1C2. The van der Waals surface area contributed by atoms with Gasteiger partial charge in [0.15, 0.2) is 0 Å². The number of carbonyl (C=O) groups excluding carboxylic acids is 1. The molecular formula is C16H23F3O3. The summed E-state index contributed by atoms with van der Waals surface area (Å²) in [7, 11) is 0. The van der Waals surface area contributed by atoms with E-state index in [9.17, 15) is 18.0 Å². The third-order valence-corrected chi connectivity index (χ3v) is 4.38. The third-order valence-electron chi connectivity index (χ3n) is 4.38. The zero-order valence-electron chi connectivity index (χ0n) is 12.9. The number of halogens is 3. The predicted molar refractivity (Wildman–Crippen MR) is 75.1 cm³/mol. The Bertz CT molecular complexity index is 417. The summed E-state index contributed by atoms with van der Waals surface area (Å²) >= 11 is 0. The maximum Gasteiger partial charge on any atom is 0.490 e. The lowest BCUT2D eigenvalue weighted by Crippen LogP contribution is -2.35. The van der Waals surface area contributed by atoms with Gasteiger partial charge in [-0.15, -0.1) is 0 Å². The van der Waals surface area contributed by atoms with Crippen LogP contribution in [0.25, 0.3) is 0 Å². The van der Waals surface area contributed by atoms with Gasteiger partial charge in [0.1, 0.15) is 6.10 Å². The number of carbonyl (C=O) groups is 1. The van der Waals surface area contributed by atoms with Crippen molar-refractivity contribution in [1.82, 2.24) is 0 Å². The molecule has 2 aliphatic carbocycles. The molecule has 126 valence electrons. The van der Waals surface area contributed by atoms with Gasteiger partial charge in [0, 0.05) is 12.5 Å². The summed E-state index contributed by atoms with van der Waals surface area (Å²) < 4.78 is 47.6. The number of alkyl halides is 3. The average molecular weight is 320 g/mol. The highest BCUT2D eigenvalue weighted by Gasteiger charge is 2.46. The van der Waals surface area contributed by atoms with Crippen LogP contribution in [0.3, 0.4) is 0 Å². The second-order valence-corrected chi connectivity index (χ2v) is 6.45. The molecule has 3 nitrogen and oxygen atoms in total. The Morgan fingerprint density at radius 2 is 2.00 bits per heavy atom. The van der Waals surface area contributed by atoms with E-state index in [-0.39, 0.29) is 17.9 Å². The number of ether oxygens (including phenoxy) is 2. The van der Waals surface area contributed by atoms with Gasteiger partial charge in [-0.05, 0) is 51.4 Å². The van der Waals surface area contributed by atoms with Gasteiger partial charge in [-0.3, -0.25) is 0 Å².